The zero-order valence-electron chi connectivity index (χ0n) is 15.5. The highest BCUT2D eigenvalue weighted by molar-refractivity contribution is 5.94. The molecule has 0 bridgehead atoms. The number of pyridine rings is 1. The topological polar surface area (TPSA) is 74.3 Å². The normalized spacial score (nSPS) is 13.7. The molecule has 6 heteroatoms. The van der Waals surface area contributed by atoms with Crippen LogP contribution in [0.1, 0.15) is 24.0 Å². The monoisotopic (exact) mass is 374 g/mol. The lowest BCUT2D eigenvalue weighted by Crippen LogP contribution is -2.34. The minimum atomic E-state index is -0.233. The maximum absolute atomic E-state index is 12.2. The van der Waals surface area contributed by atoms with Crippen LogP contribution in [0.2, 0.25) is 0 Å². The summed E-state index contributed by atoms with van der Waals surface area (Å²) >= 11 is 0. The molecule has 0 aliphatic carbocycles. The van der Waals surface area contributed by atoms with Gasteiger partial charge in [0.1, 0.15) is 5.82 Å². The number of carbonyl (C=O) groups is 2. The van der Waals surface area contributed by atoms with Crippen LogP contribution in [0, 0.1) is 0 Å². The first-order valence-electron chi connectivity index (χ1n) is 9.44. The molecule has 1 aromatic heterocycles. The van der Waals surface area contributed by atoms with Crippen molar-refractivity contribution in [2.75, 3.05) is 11.4 Å². The fraction of sp³-hybridized carbons (Fsp3) is 0.227. The molecule has 1 aliphatic rings. The molecule has 2 heterocycles. The van der Waals surface area contributed by atoms with Crippen LogP contribution >= 0.6 is 0 Å². The Morgan fingerprint density at radius 1 is 1.04 bits per heavy atom. The summed E-state index contributed by atoms with van der Waals surface area (Å²) in [4.78, 5) is 30.1. The van der Waals surface area contributed by atoms with E-state index in [-0.39, 0.29) is 11.9 Å². The molecule has 1 saturated heterocycles. The second-order valence-corrected chi connectivity index (χ2v) is 6.85. The summed E-state index contributed by atoms with van der Waals surface area (Å²) in [6.07, 6.45) is 3.10. The fourth-order valence-corrected chi connectivity index (χ4v) is 3.48. The van der Waals surface area contributed by atoms with Gasteiger partial charge in [0, 0.05) is 32.3 Å². The second-order valence-electron chi connectivity index (χ2n) is 6.85. The van der Waals surface area contributed by atoms with Crippen molar-refractivity contribution < 1.29 is 9.59 Å². The first-order chi connectivity index (χ1) is 13.7. The number of fused-ring (bicyclic) bond motifs is 1. The Morgan fingerprint density at radius 3 is 2.71 bits per heavy atom. The Labute approximate surface area is 163 Å². The van der Waals surface area contributed by atoms with E-state index in [0.29, 0.717) is 31.9 Å². The molecule has 142 valence electrons. The molecule has 1 fully saturated rings. The number of hydrogen-bond donors (Lipinski definition) is 2. The van der Waals surface area contributed by atoms with Crippen molar-refractivity contribution >= 4 is 28.5 Å². The van der Waals surface area contributed by atoms with Gasteiger partial charge >= 0.3 is 6.03 Å². The third kappa shape index (κ3) is 3.96. The third-order valence-electron chi connectivity index (χ3n) is 4.93. The molecule has 2 N–H and O–H groups in total. The van der Waals surface area contributed by atoms with Gasteiger partial charge in [0.2, 0.25) is 5.91 Å². The van der Waals surface area contributed by atoms with Crippen molar-refractivity contribution in [2.45, 2.75) is 25.9 Å². The number of nitrogens with zero attached hydrogens (tertiary/aromatic N) is 2. The van der Waals surface area contributed by atoms with Gasteiger partial charge in [0.05, 0.1) is 0 Å². The van der Waals surface area contributed by atoms with E-state index >= 15 is 0 Å². The molecule has 0 saturated carbocycles. The van der Waals surface area contributed by atoms with Crippen LogP contribution in [-0.2, 0) is 17.9 Å². The van der Waals surface area contributed by atoms with Crippen molar-refractivity contribution in [3.63, 3.8) is 0 Å². The smallest absolute Gasteiger partial charge is 0.315 e. The van der Waals surface area contributed by atoms with Gasteiger partial charge in [-0.3, -0.25) is 9.69 Å². The van der Waals surface area contributed by atoms with Gasteiger partial charge in [-0.05, 0) is 40.5 Å². The summed E-state index contributed by atoms with van der Waals surface area (Å²) in [7, 11) is 0. The van der Waals surface area contributed by atoms with Gasteiger partial charge in [-0.15, -0.1) is 0 Å². The lowest BCUT2D eigenvalue weighted by atomic mass is 10.0. The van der Waals surface area contributed by atoms with Gasteiger partial charge in [-0.2, -0.15) is 0 Å². The minimum absolute atomic E-state index is 0.102. The van der Waals surface area contributed by atoms with Crippen LogP contribution < -0.4 is 15.5 Å². The zero-order chi connectivity index (χ0) is 19.3. The van der Waals surface area contributed by atoms with Crippen LogP contribution in [0.25, 0.3) is 10.8 Å². The lowest BCUT2D eigenvalue weighted by molar-refractivity contribution is -0.117. The molecule has 0 radical (unpaired) electrons. The Hall–Kier alpha value is -3.41. The molecular weight excluding hydrogens is 352 g/mol. The highest BCUT2D eigenvalue weighted by atomic mass is 16.2. The number of urea groups is 1. The van der Waals surface area contributed by atoms with Gasteiger partial charge in [0.25, 0.3) is 0 Å². The summed E-state index contributed by atoms with van der Waals surface area (Å²) in [5, 5.41) is 8.07. The molecule has 1 aliphatic heterocycles. The molecule has 3 aromatic rings. The van der Waals surface area contributed by atoms with Crippen molar-refractivity contribution in [3.05, 3.63) is 71.9 Å². The zero-order valence-corrected chi connectivity index (χ0v) is 15.5. The molecule has 0 unspecified atom stereocenters. The number of hydrogen-bond acceptors (Lipinski definition) is 3. The molecule has 6 nitrogen and oxygen atoms in total. The number of anilines is 1. The summed E-state index contributed by atoms with van der Waals surface area (Å²) < 4.78 is 0. The molecule has 3 amide bonds. The molecule has 0 spiro atoms. The minimum Gasteiger partial charge on any atom is -0.334 e. The van der Waals surface area contributed by atoms with Crippen molar-refractivity contribution in [2.24, 2.45) is 0 Å². The van der Waals surface area contributed by atoms with Crippen molar-refractivity contribution in [1.29, 1.82) is 0 Å². The number of aromatic nitrogens is 1. The predicted molar refractivity (Wildman–Crippen MR) is 109 cm³/mol. The maximum Gasteiger partial charge on any atom is 0.315 e. The molecule has 28 heavy (non-hydrogen) atoms. The predicted octanol–water partition coefficient (Wildman–Crippen LogP) is 3.36. The van der Waals surface area contributed by atoms with E-state index in [2.05, 4.69) is 33.8 Å². The van der Waals surface area contributed by atoms with Crippen LogP contribution in [-0.4, -0.2) is 23.5 Å². The van der Waals surface area contributed by atoms with Gasteiger partial charge in [-0.1, -0.05) is 42.5 Å². The third-order valence-corrected chi connectivity index (χ3v) is 4.93. The van der Waals surface area contributed by atoms with Crippen LogP contribution in [0.4, 0.5) is 10.6 Å². The first kappa shape index (κ1) is 18.0. The van der Waals surface area contributed by atoms with Crippen LogP contribution in [0.5, 0.6) is 0 Å². The van der Waals surface area contributed by atoms with E-state index in [4.69, 9.17) is 0 Å². The Balaban J connectivity index is 1.34. The van der Waals surface area contributed by atoms with Gasteiger partial charge in [0.15, 0.2) is 0 Å². The van der Waals surface area contributed by atoms with E-state index in [1.54, 1.807) is 11.1 Å². The summed E-state index contributed by atoms with van der Waals surface area (Å²) in [5.74, 6) is 0.753. The number of nitrogens with one attached hydrogen (secondary N) is 2. The summed E-state index contributed by atoms with van der Waals surface area (Å²) in [6.45, 7) is 1.53. The number of rotatable bonds is 5. The summed E-state index contributed by atoms with van der Waals surface area (Å²) in [6, 6.07) is 17.7. The number of benzene rings is 2. The van der Waals surface area contributed by atoms with E-state index < -0.39 is 0 Å². The Morgan fingerprint density at radius 2 is 1.86 bits per heavy atom. The highest BCUT2D eigenvalue weighted by Gasteiger charge is 2.22. The standard InChI is InChI=1S/C22H22N4O2/c27-21-9-4-12-26(21)20-13-16(10-11-23-20)14-24-22(28)25-15-18-7-3-6-17-5-1-2-8-19(17)18/h1-3,5-8,10-11,13H,4,9,12,14-15H2,(H2,24,25,28). The van der Waals surface area contributed by atoms with E-state index in [1.165, 1.54) is 0 Å². The second kappa shape index (κ2) is 8.08. The first-order valence-corrected chi connectivity index (χ1v) is 9.44. The molecular formula is C22H22N4O2. The quantitative estimate of drug-likeness (QED) is 0.719. The highest BCUT2D eigenvalue weighted by Crippen LogP contribution is 2.20. The number of amides is 3. The lowest BCUT2D eigenvalue weighted by Gasteiger charge is -2.15. The van der Waals surface area contributed by atoms with Crippen molar-refractivity contribution in [1.82, 2.24) is 15.6 Å². The van der Waals surface area contributed by atoms with E-state index in [9.17, 15) is 9.59 Å². The molecule has 0 atom stereocenters. The average Bonchev–Trinajstić information content (AvgIpc) is 3.17. The number of carbonyl (C=O) groups excluding carboxylic acids is 2. The van der Waals surface area contributed by atoms with E-state index in [0.717, 1.165) is 28.3 Å². The van der Waals surface area contributed by atoms with E-state index in [1.807, 2.05) is 36.4 Å². The molecule has 4 rings (SSSR count). The van der Waals surface area contributed by atoms with Crippen molar-refractivity contribution in [3.8, 4) is 0 Å². The van der Waals surface area contributed by atoms with Gasteiger partial charge < -0.3 is 10.6 Å². The SMILES string of the molecule is O=C(NCc1ccnc(N2CCCC2=O)c1)NCc1cccc2ccccc12. The van der Waals surface area contributed by atoms with Crippen LogP contribution in [0.15, 0.2) is 60.8 Å². The fourth-order valence-electron chi connectivity index (χ4n) is 3.48. The molecule has 2 aromatic carbocycles. The Bertz CT molecular complexity index is 1010. The largest absolute Gasteiger partial charge is 0.334 e. The Kier molecular flexibility index (Phi) is 5.19. The van der Waals surface area contributed by atoms with Gasteiger partial charge in [-0.25, -0.2) is 9.78 Å². The summed E-state index contributed by atoms with van der Waals surface area (Å²) in [5.41, 5.74) is 1.98. The van der Waals surface area contributed by atoms with Crippen LogP contribution in [0.3, 0.4) is 0 Å². The maximum atomic E-state index is 12.2. The average molecular weight is 374 g/mol.